The highest BCUT2D eigenvalue weighted by atomic mass is 16.5. The molecule has 1 aromatic carbocycles. The third kappa shape index (κ3) is 4.60. The van der Waals surface area contributed by atoms with Gasteiger partial charge in [-0.2, -0.15) is 0 Å². The predicted octanol–water partition coefficient (Wildman–Crippen LogP) is 2.16. The molecule has 2 N–H and O–H groups in total. The van der Waals surface area contributed by atoms with Gasteiger partial charge in [0.05, 0.1) is 43.3 Å². The molecule has 1 fully saturated rings. The lowest BCUT2D eigenvalue weighted by Crippen LogP contribution is -2.66. The molecule has 1 aliphatic heterocycles. The van der Waals surface area contributed by atoms with Gasteiger partial charge in [0, 0.05) is 25.2 Å². The molecule has 0 amide bonds. The van der Waals surface area contributed by atoms with Gasteiger partial charge in [0.2, 0.25) is 0 Å². The molecule has 0 spiro atoms. The highest BCUT2D eigenvalue weighted by molar-refractivity contribution is 5.16. The first-order chi connectivity index (χ1) is 13.4. The summed E-state index contributed by atoms with van der Waals surface area (Å²) in [6, 6.07) is 10.9. The first-order valence-corrected chi connectivity index (χ1v) is 10.1. The third-order valence-electron chi connectivity index (χ3n) is 5.60. The number of hydrogen-bond donors (Lipinski definition) is 2. The number of rotatable bonds is 8. The van der Waals surface area contributed by atoms with Crippen molar-refractivity contribution in [3.63, 3.8) is 0 Å². The van der Waals surface area contributed by atoms with E-state index in [2.05, 4.69) is 72.5 Å². The first-order valence-electron chi connectivity index (χ1n) is 10.1. The van der Waals surface area contributed by atoms with Gasteiger partial charge in [0.15, 0.2) is 0 Å². The Kier molecular flexibility index (Phi) is 6.82. The Morgan fingerprint density at radius 1 is 1.29 bits per heavy atom. The Balaban J connectivity index is 1.72. The zero-order chi connectivity index (χ0) is 20.1. The molecule has 1 saturated heterocycles. The summed E-state index contributed by atoms with van der Waals surface area (Å²) >= 11 is 0. The Morgan fingerprint density at radius 2 is 2.04 bits per heavy atom. The molecule has 3 atom stereocenters. The number of aliphatic hydroxyl groups excluding tert-OH is 1. The van der Waals surface area contributed by atoms with Gasteiger partial charge in [-0.25, -0.2) is 4.68 Å². The van der Waals surface area contributed by atoms with Crippen LogP contribution >= 0.6 is 0 Å². The summed E-state index contributed by atoms with van der Waals surface area (Å²) < 4.78 is 7.72. The van der Waals surface area contributed by atoms with E-state index < -0.39 is 5.54 Å². The van der Waals surface area contributed by atoms with Gasteiger partial charge in [-0.05, 0) is 33.3 Å². The average Bonchev–Trinajstić information content (AvgIpc) is 3.20. The van der Waals surface area contributed by atoms with Gasteiger partial charge in [-0.15, -0.1) is 5.10 Å². The van der Waals surface area contributed by atoms with Gasteiger partial charge in [-0.1, -0.05) is 35.5 Å². The van der Waals surface area contributed by atoms with E-state index in [1.807, 2.05) is 16.9 Å². The number of aromatic nitrogens is 3. The summed E-state index contributed by atoms with van der Waals surface area (Å²) in [5.41, 5.74) is 1.67. The molecule has 0 aliphatic carbocycles. The molecular weight excluding hydrogens is 354 g/mol. The highest BCUT2D eigenvalue weighted by Crippen LogP contribution is 2.27. The Hall–Kier alpha value is -1.80. The summed E-state index contributed by atoms with van der Waals surface area (Å²) in [4.78, 5) is 2.37. The molecule has 1 aliphatic rings. The zero-order valence-corrected chi connectivity index (χ0v) is 17.4. The van der Waals surface area contributed by atoms with E-state index in [9.17, 15) is 5.11 Å². The van der Waals surface area contributed by atoms with Crippen LogP contribution in [0.5, 0.6) is 0 Å². The Bertz CT molecular complexity index is 735. The second-order valence-corrected chi connectivity index (χ2v) is 8.18. The van der Waals surface area contributed by atoms with E-state index in [4.69, 9.17) is 4.74 Å². The van der Waals surface area contributed by atoms with Crippen LogP contribution in [-0.2, 0) is 11.3 Å². The van der Waals surface area contributed by atoms with E-state index in [0.29, 0.717) is 19.8 Å². The number of nitrogens with zero attached hydrogens (tertiary/aromatic N) is 4. The second-order valence-electron chi connectivity index (χ2n) is 8.18. The van der Waals surface area contributed by atoms with Gasteiger partial charge in [0.25, 0.3) is 0 Å². The fourth-order valence-electron chi connectivity index (χ4n) is 3.70. The van der Waals surface area contributed by atoms with Crippen molar-refractivity contribution >= 4 is 0 Å². The summed E-state index contributed by atoms with van der Waals surface area (Å²) in [7, 11) is 0. The van der Waals surface area contributed by atoms with E-state index in [1.54, 1.807) is 0 Å². The molecule has 2 aromatic rings. The minimum atomic E-state index is -0.476. The van der Waals surface area contributed by atoms with Crippen molar-refractivity contribution in [1.82, 2.24) is 25.2 Å². The molecule has 7 nitrogen and oxygen atoms in total. The van der Waals surface area contributed by atoms with E-state index in [-0.39, 0.29) is 24.7 Å². The Labute approximate surface area is 167 Å². The summed E-state index contributed by atoms with van der Waals surface area (Å²) in [6.07, 6.45) is 1.98. The standard InChI is InChI=1S/C21H33N5O2/c1-16(2)26-11-20(23-24-26)18(4)22-13-21(14-27)15-28-12-17(3)25(21)10-19-8-6-5-7-9-19/h5-9,11,16-18,22,27H,10,12-15H2,1-4H3/t17-,18?,21+/m1/s1. The molecule has 0 saturated carbocycles. The van der Waals surface area contributed by atoms with Crippen LogP contribution in [0.2, 0.25) is 0 Å². The predicted molar refractivity (Wildman–Crippen MR) is 109 cm³/mol. The molecule has 0 radical (unpaired) electrons. The molecule has 7 heteroatoms. The molecule has 3 rings (SSSR count). The van der Waals surface area contributed by atoms with Crippen LogP contribution in [0.3, 0.4) is 0 Å². The smallest absolute Gasteiger partial charge is 0.0993 e. The van der Waals surface area contributed by atoms with E-state index in [1.165, 1.54) is 5.56 Å². The van der Waals surface area contributed by atoms with Gasteiger partial charge in [0.1, 0.15) is 0 Å². The zero-order valence-electron chi connectivity index (χ0n) is 17.4. The van der Waals surface area contributed by atoms with Crippen molar-refractivity contribution in [2.45, 2.75) is 57.9 Å². The largest absolute Gasteiger partial charge is 0.394 e. The van der Waals surface area contributed by atoms with Crippen molar-refractivity contribution in [2.75, 3.05) is 26.4 Å². The van der Waals surface area contributed by atoms with Crippen molar-refractivity contribution in [3.8, 4) is 0 Å². The minimum absolute atomic E-state index is 0.0303. The van der Waals surface area contributed by atoms with Crippen molar-refractivity contribution in [2.24, 2.45) is 0 Å². The number of morpholine rings is 1. The molecule has 28 heavy (non-hydrogen) atoms. The average molecular weight is 388 g/mol. The maximum absolute atomic E-state index is 10.4. The number of aliphatic hydroxyl groups is 1. The lowest BCUT2D eigenvalue weighted by molar-refractivity contribution is -0.123. The fourth-order valence-corrected chi connectivity index (χ4v) is 3.70. The van der Waals surface area contributed by atoms with Gasteiger partial charge in [-0.3, -0.25) is 4.90 Å². The van der Waals surface area contributed by atoms with Crippen LogP contribution < -0.4 is 5.32 Å². The van der Waals surface area contributed by atoms with Gasteiger partial charge < -0.3 is 15.2 Å². The topological polar surface area (TPSA) is 75.4 Å². The molecule has 1 aromatic heterocycles. The van der Waals surface area contributed by atoms with Crippen molar-refractivity contribution in [1.29, 1.82) is 0 Å². The highest BCUT2D eigenvalue weighted by Gasteiger charge is 2.42. The van der Waals surface area contributed by atoms with E-state index in [0.717, 1.165) is 12.2 Å². The summed E-state index contributed by atoms with van der Waals surface area (Å²) in [5.74, 6) is 0. The fraction of sp³-hybridized carbons (Fsp3) is 0.619. The monoisotopic (exact) mass is 387 g/mol. The molecule has 1 unspecified atom stereocenters. The third-order valence-corrected chi connectivity index (χ3v) is 5.60. The lowest BCUT2D eigenvalue weighted by Gasteiger charge is -2.49. The normalized spacial score (nSPS) is 24.6. The van der Waals surface area contributed by atoms with Crippen LogP contribution in [0.25, 0.3) is 0 Å². The summed E-state index contributed by atoms with van der Waals surface area (Å²) in [5, 5.41) is 22.4. The van der Waals surface area contributed by atoms with Crippen LogP contribution in [0.1, 0.15) is 51.0 Å². The van der Waals surface area contributed by atoms with Crippen molar-refractivity contribution < 1.29 is 9.84 Å². The lowest BCUT2D eigenvalue weighted by atomic mass is 9.93. The maximum Gasteiger partial charge on any atom is 0.0993 e. The Morgan fingerprint density at radius 3 is 2.68 bits per heavy atom. The number of ether oxygens (including phenoxy) is 1. The quantitative estimate of drug-likeness (QED) is 0.723. The van der Waals surface area contributed by atoms with Crippen molar-refractivity contribution in [3.05, 3.63) is 47.8 Å². The van der Waals surface area contributed by atoms with Crippen LogP contribution in [0, 0.1) is 0 Å². The maximum atomic E-state index is 10.4. The van der Waals surface area contributed by atoms with Crippen LogP contribution in [0.4, 0.5) is 0 Å². The van der Waals surface area contributed by atoms with Crippen LogP contribution in [-0.4, -0.2) is 62.9 Å². The number of benzene rings is 1. The number of nitrogens with one attached hydrogen (secondary N) is 1. The second kappa shape index (κ2) is 9.13. The first kappa shape index (κ1) is 20.9. The summed E-state index contributed by atoms with van der Waals surface area (Å²) in [6.45, 7) is 11.0. The molecule has 154 valence electrons. The molecule has 2 heterocycles. The van der Waals surface area contributed by atoms with Crippen LogP contribution in [0.15, 0.2) is 36.5 Å². The molecular formula is C21H33N5O2. The van der Waals surface area contributed by atoms with E-state index >= 15 is 0 Å². The minimum Gasteiger partial charge on any atom is -0.394 e. The number of hydrogen-bond acceptors (Lipinski definition) is 6. The SMILES string of the molecule is CC(NC[C@]1(CO)COC[C@@H](C)N1Cc1ccccc1)c1cn(C(C)C)nn1. The van der Waals surface area contributed by atoms with Gasteiger partial charge >= 0.3 is 0 Å². The molecule has 0 bridgehead atoms.